The molecule has 0 aliphatic carbocycles. The van der Waals surface area contributed by atoms with Crippen LogP contribution in [0, 0.1) is 8.34 Å². The molecular weight excluding hydrogens is 385 g/mol. The lowest BCUT2D eigenvalue weighted by atomic mass is 10.2. The first kappa shape index (κ1) is 14.5. The maximum Gasteiger partial charge on any atom is 0.178 e. The highest BCUT2D eigenvalue weighted by Gasteiger charge is 2.20. The van der Waals surface area contributed by atoms with Crippen molar-refractivity contribution in [3.05, 3.63) is 26.5 Å². The van der Waals surface area contributed by atoms with Gasteiger partial charge in [-0.1, -0.05) is 6.92 Å². The molecule has 3 rings (SSSR count). The fourth-order valence-corrected chi connectivity index (χ4v) is 3.47. The van der Waals surface area contributed by atoms with E-state index in [0.717, 1.165) is 48.6 Å². The minimum absolute atomic E-state index is 0.216. The summed E-state index contributed by atoms with van der Waals surface area (Å²) in [6.45, 7) is 6.92. The van der Waals surface area contributed by atoms with Crippen LogP contribution in [0.1, 0.15) is 6.92 Å². The summed E-state index contributed by atoms with van der Waals surface area (Å²) in [5.74, 6) is 0. The molecule has 6 heteroatoms. The van der Waals surface area contributed by atoms with Crippen LogP contribution in [0.2, 0.25) is 0 Å². The van der Waals surface area contributed by atoms with E-state index in [4.69, 9.17) is 17.0 Å². The van der Waals surface area contributed by atoms with Crippen molar-refractivity contribution < 1.29 is 4.74 Å². The van der Waals surface area contributed by atoms with E-state index in [2.05, 4.69) is 62.2 Å². The van der Waals surface area contributed by atoms with Crippen LogP contribution in [0.5, 0.6) is 0 Å². The Kier molecular flexibility index (Phi) is 4.44. The van der Waals surface area contributed by atoms with Crippen molar-refractivity contribution in [1.29, 1.82) is 0 Å². The quantitative estimate of drug-likeness (QED) is 0.632. The second kappa shape index (κ2) is 6.13. The van der Waals surface area contributed by atoms with Crippen molar-refractivity contribution >= 4 is 45.8 Å². The number of ether oxygens (including phenoxy) is 1. The highest BCUT2D eigenvalue weighted by Crippen LogP contribution is 2.19. The third-order valence-corrected chi connectivity index (χ3v) is 4.79. The molecule has 108 valence electrons. The third-order valence-electron chi connectivity index (χ3n) is 3.79. The van der Waals surface area contributed by atoms with Crippen molar-refractivity contribution in [3.63, 3.8) is 0 Å². The van der Waals surface area contributed by atoms with Crippen molar-refractivity contribution in [2.24, 2.45) is 0 Å². The van der Waals surface area contributed by atoms with E-state index in [9.17, 15) is 0 Å². The minimum atomic E-state index is 0.216. The van der Waals surface area contributed by atoms with E-state index >= 15 is 0 Å². The number of halogens is 1. The fourth-order valence-electron chi connectivity index (χ4n) is 2.70. The van der Waals surface area contributed by atoms with Crippen molar-refractivity contribution in [1.82, 2.24) is 14.5 Å². The Morgan fingerprint density at radius 2 is 2.35 bits per heavy atom. The lowest BCUT2D eigenvalue weighted by Crippen LogP contribution is -2.43. The number of rotatable bonds is 3. The number of nitrogens with zero attached hydrogens (tertiary/aromatic N) is 2. The molecule has 1 atom stereocenters. The Morgan fingerprint density at radius 1 is 1.50 bits per heavy atom. The summed E-state index contributed by atoms with van der Waals surface area (Å²) >= 11 is 7.78. The summed E-state index contributed by atoms with van der Waals surface area (Å²) in [4.78, 5) is 5.71. The topological polar surface area (TPSA) is 33.2 Å². The normalized spacial score (nSPS) is 20.6. The van der Waals surface area contributed by atoms with E-state index in [1.165, 1.54) is 3.57 Å². The lowest BCUT2D eigenvalue weighted by Gasteiger charge is -2.32. The van der Waals surface area contributed by atoms with Crippen LogP contribution in [-0.4, -0.2) is 46.8 Å². The van der Waals surface area contributed by atoms with E-state index in [0.29, 0.717) is 0 Å². The molecule has 1 aromatic heterocycles. The van der Waals surface area contributed by atoms with Gasteiger partial charge in [0.15, 0.2) is 4.77 Å². The lowest BCUT2D eigenvalue weighted by molar-refractivity contribution is -0.0339. The molecule has 0 bridgehead atoms. The predicted octanol–water partition coefficient (Wildman–Crippen LogP) is 3.02. The molecule has 1 N–H and O–H groups in total. The molecular formula is C14H18IN3OS. The van der Waals surface area contributed by atoms with Gasteiger partial charge in [-0.3, -0.25) is 4.90 Å². The SMILES string of the molecule is CCN1CCOC(Cn2c(=S)[nH]c3cc(I)ccc32)C1. The van der Waals surface area contributed by atoms with E-state index in [1.54, 1.807) is 0 Å². The van der Waals surface area contributed by atoms with Gasteiger partial charge in [0, 0.05) is 16.7 Å². The van der Waals surface area contributed by atoms with Gasteiger partial charge in [-0.15, -0.1) is 0 Å². The van der Waals surface area contributed by atoms with Gasteiger partial charge in [0.25, 0.3) is 0 Å². The van der Waals surface area contributed by atoms with Crippen molar-refractivity contribution in [2.75, 3.05) is 26.2 Å². The smallest absolute Gasteiger partial charge is 0.178 e. The number of hydrogen-bond donors (Lipinski definition) is 1. The second-order valence-corrected chi connectivity index (χ2v) is 6.72. The third kappa shape index (κ3) is 2.93. The van der Waals surface area contributed by atoms with Gasteiger partial charge in [0.1, 0.15) is 0 Å². The van der Waals surface area contributed by atoms with Gasteiger partial charge in [-0.05, 0) is 59.6 Å². The molecule has 4 nitrogen and oxygen atoms in total. The monoisotopic (exact) mass is 403 g/mol. The van der Waals surface area contributed by atoms with Crippen LogP contribution >= 0.6 is 34.8 Å². The summed E-state index contributed by atoms with van der Waals surface area (Å²) in [5.41, 5.74) is 2.26. The standard InChI is InChI=1S/C14H18IN3OS/c1-2-17-5-6-19-11(8-17)9-18-13-4-3-10(15)7-12(13)16-14(18)20/h3-4,7,11H,2,5-6,8-9H2,1H3,(H,16,20). The Labute approximate surface area is 137 Å². The van der Waals surface area contributed by atoms with Crippen LogP contribution in [0.4, 0.5) is 0 Å². The molecule has 1 saturated heterocycles. The van der Waals surface area contributed by atoms with Crippen LogP contribution < -0.4 is 0 Å². The molecule has 20 heavy (non-hydrogen) atoms. The highest BCUT2D eigenvalue weighted by atomic mass is 127. The molecule has 1 aliphatic heterocycles. The van der Waals surface area contributed by atoms with Gasteiger partial charge in [0.05, 0.1) is 30.3 Å². The summed E-state index contributed by atoms with van der Waals surface area (Å²) in [6.07, 6.45) is 0.216. The Bertz CT molecular complexity index is 666. The maximum atomic E-state index is 5.89. The summed E-state index contributed by atoms with van der Waals surface area (Å²) in [6, 6.07) is 6.37. The highest BCUT2D eigenvalue weighted by molar-refractivity contribution is 14.1. The molecule has 2 aromatic rings. The van der Waals surface area contributed by atoms with Gasteiger partial charge >= 0.3 is 0 Å². The summed E-state index contributed by atoms with van der Waals surface area (Å²) < 4.78 is 10.0. The molecule has 0 amide bonds. The number of benzene rings is 1. The Balaban J connectivity index is 1.87. The van der Waals surface area contributed by atoms with Crippen molar-refractivity contribution in [3.8, 4) is 0 Å². The number of morpholine rings is 1. The van der Waals surface area contributed by atoms with E-state index in [1.807, 2.05) is 0 Å². The van der Waals surface area contributed by atoms with Crippen LogP contribution in [-0.2, 0) is 11.3 Å². The molecule has 2 heterocycles. The number of aromatic nitrogens is 2. The maximum absolute atomic E-state index is 5.89. The molecule has 0 radical (unpaired) electrons. The zero-order valence-electron chi connectivity index (χ0n) is 11.4. The van der Waals surface area contributed by atoms with Crippen LogP contribution in [0.25, 0.3) is 11.0 Å². The number of hydrogen-bond acceptors (Lipinski definition) is 3. The Morgan fingerprint density at radius 3 is 3.15 bits per heavy atom. The van der Waals surface area contributed by atoms with Gasteiger partial charge in [-0.25, -0.2) is 0 Å². The van der Waals surface area contributed by atoms with Gasteiger partial charge in [0.2, 0.25) is 0 Å². The largest absolute Gasteiger partial charge is 0.374 e. The molecule has 1 aliphatic rings. The van der Waals surface area contributed by atoms with Gasteiger partial charge < -0.3 is 14.3 Å². The number of aromatic amines is 1. The van der Waals surface area contributed by atoms with Gasteiger partial charge in [-0.2, -0.15) is 0 Å². The van der Waals surface area contributed by atoms with Crippen molar-refractivity contribution in [2.45, 2.75) is 19.6 Å². The molecule has 0 spiro atoms. The molecule has 1 unspecified atom stereocenters. The molecule has 1 aromatic carbocycles. The molecule has 1 fully saturated rings. The molecule has 0 saturated carbocycles. The average Bonchev–Trinajstić information content (AvgIpc) is 2.74. The first-order valence-corrected chi connectivity index (χ1v) is 8.38. The first-order chi connectivity index (χ1) is 9.67. The number of fused-ring (bicyclic) bond motifs is 1. The summed E-state index contributed by atoms with van der Waals surface area (Å²) in [5, 5.41) is 0. The predicted molar refractivity (Wildman–Crippen MR) is 91.7 cm³/mol. The second-order valence-electron chi connectivity index (χ2n) is 5.09. The zero-order valence-corrected chi connectivity index (χ0v) is 14.4. The van der Waals surface area contributed by atoms with E-state index < -0.39 is 0 Å². The Hall–Kier alpha value is -0.440. The summed E-state index contributed by atoms with van der Waals surface area (Å²) in [7, 11) is 0. The zero-order chi connectivity index (χ0) is 14.1. The number of nitrogens with one attached hydrogen (secondary N) is 1. The van der Waals surface area contributed by atoms with Crippen LogP contribution in [0.3, 0.4) is 0 Å². The fraction of sp³-hybridized carbons (Fsp3) is 0.500. The average molecular weight is 403 g/mol. The number of H-pyrrole nitrogens is 1. The first-order valence-electron chi connectivity index (χ1n) is 6.89. The number of likely N-dealkylation sites (N-methyl/N-ethyl adjacent to an activating group) is 1. The minimum Gasteiger partial charge on any atom is -0.374 e. The van der Waals surface area contributed by atoms with Crippen LogP contribution in [0.15, 0.2) is 18.2 Å². The van der Waals surface area contributed by atoms with E-state index in [-0.39, 0.29) is 6.10 Å². The number of imidazole rings is 1.